The highest BCUT2D eigenvalue weighted by Crippen LogP contribution is 2.46. The zero-order valence-corrected chi connectivity index (χ0v) is 23.3. The molecule has 43 heavy (non-hydrogen) atoms. The molecule has 1 aliphatic rings. The molecule has 3 aromatic carbocycles. The Hall–Kier alpha value is -4.13. The molecule has 0 bridgehead atoms. The van der Waals surface area contributed by atoms with Crippen LogP contribution in [-0.2, 0) is 12.6 Å². The molecule has 0 amide bonds. The van der Waals surface area contributed by atoms with Gasteiger partial charge in [0.2, 0.25) is 0 Å². The van der Waals surface area contributed by atoms with Crippen molar-refractivity contribution in [2.24, 2.45) is 5.18 Å². The average molecular weight is 623 g/mol. The Balaban J connectivity index is 1.82. The topological polar surface area (TPSA) is 60.7 Å². The molecule has 0 spiro atoms. The predicted molar refractivity (Wildman–Crippen MR) is 146 cm³/mol. The van der Waals surface area contributed by atoms with Gasteiger partial charge in [-0.1, -0.05) is 35.5 Å². The van der Waals surface area contributed by atoms with Gasteiger partial charge in [-0.15, -0.1) is 11.8 Å². The van der Waals surface area contributed by atoms with Gasteiger partial charge in [-0.3, -0.25) is 9.36 Å². The van der Waals surface area contributed by atoms with Crippen LogP contribution in [0.2, 0.25) is 0 Å². The number of nitroso groups, excluding NO2 is 1. The molecule has 0 fully saturated rings. The Bertz CT molecular complexity index is 1810. The molecule has 2 heterocycles. The van der Waals surface area contributed by atoms with Crippen LogP contribution in [0.25, 0.3) is 11.1 Å². The smallest absolute Gasteiger partial charge is 0.416 e. The molecular weight excluding hydrogens is 601 g/mol. The van der Waals surface area contributed by atoms with E-state index in [4.69, 9.17) is 4.74 Å². The SMILES string of the molecule is COc1cccc(-c2c(C)c(Cc3c(F)cccc3C(F)(F)F)c3n(c2=O)C(C(N=O)c2cccc(F)c2F)CS3)c1F. The molecule has 0 radical (unpaired) electrons. The third-order valence-electron chi connectivity index (χ3n) is 7.47. The number of methoxy groups -OCH3 is 1. The van der Waals surface area contributed by atoms with Gasteiger partial charge in [0.05, 0.1) is 29.3 Å². The molecule has 4 aromatic rings. The summed E-state index contributed by atoms with van der Waals surface area (Å²) in [7, 11) is 1.20. The molecule has 5 nitrogen and oxygen atoms in total. The first-order valence-corrected chi connectivity index (χ1v) is 13.7. The summed E-state index contributed by atoms with van der Waals surface area (Å²) >= 11 is 0.959. The van der Waals surface area contributed by atoms with Gasteiger partial charge in [-0.2, -0.15) is 18.1 Å². The molecule has 1 aromatic heterocycles. The monoisotopic (exact) mass is 622 g/mol. The van der Waals surface area contributed by atoms with Crippen LogP contribution in [0.5, 0.6) is 5.75 Å². The summed E-state index contributed by atoms with van der Waals surface area (Å²) in [6.45, 7) is 1.40. The van der Waals surface area contributed by atoms with E-state index in [1.165, 1.54) is 32.2 Å². The van der Waals surface area contributed by atoms with Crippen LogP contribution in [0.15, 0.2) is 69.6 Å². The summed E-state index contributed by atoms with van der Waals surface area (Å²) in [6.07, 6.45) is -5.58. The van der Waals surface area contributed by atoms with Crippen LogP contribution >= 0.6 is 11.8 Å². The summed E-state index contributed by atoms with van der Waals surface area (Å²) in [5.74, 6) is -5.03. The lowest BCUT2D eigenvalue weighted by atomic mass is 9.91. The zero-order valence-electron chi connectivity index (χ0n) is 22.4. The van der Waals surface area contributed by atoms with Crippen molar-refractivity contribution in [3.8, 4) is 16.9 Å². The van der Waals surface area contributed by atoms with E-state index in [0.29, 0.717) is 0 Å². The van der Waals surface area contributed by atoms with Gasteiger partial charge >= 0.3 is 6.18 Å². The summed E-state index contributed by atoms with van der Waals surface area (Å²) in [6, 6.07) is 6.72. The highest BCUT2D eigenvalue weighted by molar-refractivity contribution is 7.99. The number of pyridine rings is 1. The fourth-order valence-corrected chi connectivity index (χ4v) is 6.83. The summed E-state index contributed by atoms with van der Waals surface area (Å²) in [5.41, 5.74) is -3.65. The van der Waals surface area contributed by atoms with E-state index in [2.05, 4.69) is 5.18 Å². The second-order valence-electron chi connectivity index (χ2n) is 9.79. The Morgan fingerprint density at radius 3 is 2.33 bits per heavy atom. The zero-order chi connectivity index (χ0) is 31.2. The van der Waals surface area contributed by atoms with Crippen LogP contribution in [0.1, 0.15) is 39.9 Å². The van der Waals surface area contributed by atoms with E-state index >= 15 is 4.39 Å². The standard InChI is InChI=1S/C30H21F7N2O3S/c1-14-17(12-18-19(30(35,36)37)8-5-9-20(18)31)29-39(28(40)24(14)15-6-4-11-23(42-2)26(15)34)22(13-43-29)27(38-41)16-7-3-10-21(32)25(16)33/h3-11,22,27H,12-13H2,1-2H3. The van der Waals surface area contributed by atoms with E-state index in [-0.39, 0.29) is 38.8 Å². The first-order valence-electron chi connectivity index (χ1n) is 12.7. The maximum Gasteiger partial charge on any atom is 0.416 e. The van der Waals surface area contributed by atoms with Gasteiger partial charge in [0.25, 0.3) is 5.56 Å². The van der Waals surface area contributed by atoms with Crippen molar-refractivity contribution in [2.75, 3.05) is 12.9 Å². The molecule has 0 N–H and O–H groups in total. The largest absolute Gasteiger partial charge is 0.494 e. The van der Waals surface area contributed by atoms with Crippen molar-refractivity contribution in [3.05, 3.63) is 121 Å². The normalized spacial score (nSPS) is 15.3. The number of thioether (sulfide) groups is 1. The van der Waals surface area contributed by atoms with Gasteiger partial charge in [0, 0.05) is 28.9 Å². The van der Waals surface area contributed by atoms with Crippen molar-refractivity contribution in [3.63, 3.8) is 0 Å². The molecular formula is C30H21F7N2O3S. The van der Waals surface area contributed by atoms with E-state index in [0.717, 1.165) is 52.7 Å². The first kappa shape index (κ1) is 30.3. The molecule has 0 saturated carbocycles. The van der Waals surface area contributed by atoms with Gasteiger partial charge < -0.3 is 4.74 Å². The summed E-state index contributed by atoms with van der Waals surface area (Å²) in [5, 5.41) is 3.06. The Morgan fingerprint density at radius 2 is 1.65 bits per heavy atom. The molecule has 13 heteroatoms. The van der Waals surface area contributed by atoms with Crippen LogP contribution < -0.4 is 10.3 Å². The predicted octanol–water partition coefficient (Wildman–Crippen LogP) is 8.15. The maximum absolute atomic E-state index is 15.6. The lowest BCUT2D eigenvalue weighted by Crippen LogP contribution is -2.30. The number of fused-ring (bicyclic) bond motifs is 1. The molecule has 224 valence electrons. The minimum atomic E-state index is -4.92. The lowest BCUT2D eigenvalue weighted by molar-refractivity contribution is -0.138. The minimum absolute atomic E-state index is 0.0595. The molecule has 5 rings (SSSR count). The third kappa shape index (κ3) is 5.19. The summed E-state index contributed by atoms with van der Waals surface area (Å²) < 4.78 is 107. The van der Waals surface area contributed by atoms with Crippen LogP contribution in [-0.4, -0.2) is 17.4 Å². The van der Waals surface area contributed by atoms with E-state index < -0.39 is 70.2 Å². The fraction of sp³-hybridized carbons (Fsp3) is 0.233. The average Bonchev–Trinajstić information content (AvgIpc) is 3.39. The molecule has 1 aliphatic heterocycles. The number of alkyl halides is 3. The molecule has 0 aliphatic carbocycles. The molecule has 2 atom stereocenters. The number of rotatable bonds is 7. The van der Waals surface area contributed by atoms with Crippen molar-refractivity contribution in [2.45, 2.75) is 36.6 Å². The Morgan fingerprint density at radius 1 is 0.977 bits per heavy atom. The van der Waals surface area contributed by atoms with Gasteiger partial charge in [-0.05, 0) is 42.3 Å². The van der Waals surface area contributed by atoms with Crippen LogP contribution in [0.3, 0.4) is 0 Å². The number of ether oxygens (including phenoxy) is 1. The molecule has 0 saturated heterocycles. The number of aromatic nitrogens is 1. The lowest BCUT2D eigenvalue weighted by Gasteiger charge is -2.24. The number of hydrogen-bond acceptors (Lipinski definition) is 5. The van der Waals surface area contributed by atoms with E-state index in [1.54, 1.807) is 0 Å². The highest BCUT2D eigenvalue weighted by Gasteiger charge is 2.40. The minimum Gasteiger partial charge on any atom is -0.494 e. The summed E-state index contributed by atoms with van der Waals surface area (Å²) in [4.78, 5) is 26.2. The van der Waals surface area contributed by atoms with Crippen molar-refractivity contribution < 1.29 is 35.5 Å². The number of halogens is 7. The number of benzene rings is 3. The van der Waals surface area contributed by atoms with Crippen LogP contribution in [0, 0.1) is 35.1 Å². The quantitative estimate of drug-likeness (QED) is 0.154. The first-order chi connectivity index (χ1) is 20.4. The Kier molecular flexibility index (Phi) is 8.12. The van der Waals surface area contributed by atoms with Gasteiger partial charge in [0.1, 0.15) is 11.9 Å². The number of hydrogen-bond donors (Lipinski definition) is 0. The van der Waals surface area contributed by atoms with Crippen molar-refractivity contribution in [1.82, 2.24) is 4.57 Å². The van der Waals surface area contributed by atoms with Crippen LogP contribution in [0.4, 0.5) is 30.7 Å². The maximum atomic E-state index is 15.6. The molecule has 2 unspecified atom stereocenters. The second kappa shape index (κ2) is 11.5. The fourth-order valence-electron chi connectivity index (χ4n) is 5.41. The third-order valence-corrected chi connectivity index (χ3v) is 8.69. The van der Waals surface area contributed by atoms with E-state index in [1.807, 2.05) is 0 Å². The van der Waals surface area contributed by atoms with Gasteiger partial charge in [0.15, 0.2) is 23.2 Å². The second-order valence-corrected chi connectivity index (χ2v) is 10.8. The number of nitrogens with zero attached hydrogens (tertiary/aromatic N) is 2. The Labute approximate surface area is 244 Å². The highest BCUT2D eigenvalue weighted by atomic mass is 32.2. The van der Waals surface area contributed by atoms with Crippen molar-refractivity contribution >= 4 is 11.8 Å². The van der Waals surface area contributed by atoms with Gasteiger partial charge in [-0.25, -0.2) is 17.6 Å². The van der Waals surface area contributed by atoms with E-state index in [9.17, 15) is 36.0 Å². The van der Waals surface area contributed by atoms with Crippen molar-refractivity contribution in [1.29, 1.82) is 0 Å².